The third-order valence-electron chi connectivity index (χ3n) is 2.33. The van der Waals surface area contributed by atoms with Crippen LogP contribution in [-0.4, -0.2) is 22.2 Å². The maximum atomic E-state index is 12.2. The Kier molecular flexibility index (Phi) is 3.57. The van der Waals surface area contributed by atoms with Crippen LogP contribution in [0.1, 0.15) is 18.2 Å². The molecular weight excluding hydrogens is 188 g/mol. The number of alkyl halides is 2. The first-order valence-electron chi connectivity index (χ1n) is 4.51. The highest BCUT2D eigenvalue weighted by Gasteiger charge is 2.14. The van der Waals surface area contributed by atoms with E-state index in [-0.39, 0.29) is 0 Å². The summed E-state index contributed by atoms with van der Waals surface area (Å²) in [7, 11) is 1.83. The molecule has 0 saturated heterocycles. The van der Waals surface area contributed by atoms with Gasteiger partial charge in [0.05, 0.1) is 12.2 Å². The molecule has 0 aliphatic heterocycles. The Labute approximate surface area is 82.1 Å². The lowest BCUT2D eigenvalue weighted by Crippen LogP contribution is -2.32. The van der Waals surface area contributed by atoms with Gasteiger partial charge in [-0.3, -0.25) is 4.68 Å². The number of rotatable bonds is 4. The molecule has 0 aliphatic rings. The van der Waals surface area contributed by atoms with Gasteiger partial charge in [-0.1, -0.05) is 0 Å². The molecule has 1 atom stereocenters. The predicted molar refractivity (Wildman–Crippen MR) is 50.3 cm³/mol. The molecule has 1 rings (SSSR count). The van der Waals surface area contributed by atoms with Crippen LogP contribution in [0.15, 0.2) is 6.20 Å². The summed E-state index contributed by atoms with van der Waals surface area (Å²) in [5.41, 5.74) is 1.96. The summed E-state index contributed by atoms with van der Waals surface area (Å²) in [6, 6.07) is -0.783. The van der Waals surface area contributed by atoms with E-state index in [1.165, 1.54) is 6.92 Å². The van der Waals surface area contributed by atoms with E-state index in [1.807, 2.05) is 14.0 Å². The molecule has 14 heavy (non-hydrogen) atoms. The van der Waals surface area contributed by atoms with Crippen molar-refractivity contribution < 1.29 is 8.78 Å². The van der Waals surface area contributed by atoms with Crippen LogP contribution in [0.4, 0.5) is 8.78 Å². The van der Waals surface area contributed by atoms with E-state index in [2.05, 4.69) is 10.4 Å². The molecule has 0 amide bonds. The highest BCUT2D eigenvalue weighted by atomic mass is 19.3. The van der Waals surface area contributed by atoms with Crippen molar-refractivity contribution in [1.29, 1.82) is 0 Å². The van der Waals surface area contributed by atoms with E-state index in [0.29, 0.717) is 6.54 Å². The van der Waals surface area contributed by atoms with Gasteiger partial charge >= 0.3 is 0 Å². The summed E-state index contributed by atoms with van der Waals surface area (Å²) in [6.07, 6.45) is -0.632. The zero-order valence-corrected chi connectivity index (χ0v) is 8.59. The molecule has 1 aromatic rings. The molecule has 0 spiro atoms. The molecule has 5 heteroatoms. The second kappa shape index (κ2) is 4.50. The van der Waals surface area contributed by atoms with Crippen molar-refractivity contribution in [1.82, 2.24) is 15.1 Å². The number of nitrogens with one attached hydrogen (secondary N) is 1. The molecular formula is C9H15F2N3. The number of halogens is 2. The van der Waals surface area contributed by atoms with E-state index >= 15 is 0 Å². The van der Waals surface area contributed by atoms with Gasteiger partial charge in [-0.2, -0.15) is 5.10 Å². The van der Waals surface area contributed by atoms with Crippen molar-refractivity contribution in [2.75, 3.05) is 0 Å². The average molecular weight is 203 g/mol. The van der Waals surface area contributed by atoms with Gasteiger partial charge in [-0.05, 0) is 13.8 Å². The van der Waals surface area contributed by atoms with Crippen molar-refractivity contribution in [2.24, 2.45) is 7.05 Å². The Bertz CT molecular complexity index is 296. The lowest BCUT2D eigenvalue weighted by atomic mass is 10.2. The maximum absolute atomic E-state index is 12.2. The van der Waals surface area contributed by atoms with Gasteiger partial charge in [-0.15, -0.1) is 0 Å². The Hall–Kier alpha value is -0.970. The highest BCUT2D eigenvalue weighted by molar-refractivity contribution is 5.15. The van der Waals surface area contributed by atoms with E-state index in [1.54, 1.807) is 10.9 Å². The van der Waals surface area contributed by atoms with Crippen molar-refractivity contribution >= 4 is 0 Å². The largest absolute Gasteiger partial charge is 0.305 e. The van der Waals surface area contributed by atoms with Crippen molar-refractivity contribution in [2.45, 2.75) is 32.9 Å². The first-order valence-corrected chi connectivity index (χ1v) is 4.51. The van der Waals surface area contributed by atoms with E-state index in [0.717, 1.165) is 11.3 Å². The van der Waals surface area contributed by atoms with Gasteiger partial charge in [0.15, 0.2) is 0 Å². The SMILES string of the molecule is Cc1c(CNC(C)C(F)F)cnn1C. The van der Waals surface area contributed by atoms with Crippen LogP contribution < -0.4 is 5.32 Å². The molecule has 1 aromatic heterocycles. The number of hydrogen-bond donors (Lipinski definition) is 1. The molecule has 80 valence electrons. The molecule has 1 heterocycles. The molecule has 1 unspecified atom stereocenters. The Morgan fingerprint density at radius 3 is 2.64 bits per heavy atom. The number of nitrogens with zero attached hydrogens (tertiary/aromatic N) is 2. The Morgan fingerprint density at radius 2 is 2.21 bits per heavy atom. The van der Waals surface area contributed by atoms with Gasteiger partial charge in [0, 0.05) is 24.8 Å². The molecule has 1 N–H and O–H groups in total. The quantitative estimate of drug-likeness (QED) is 0.803. The lowest BCUT2D eigenvalue weighted by molar-refractivity contribution is 0.105. The molecule has 3 nitrogen and oxygen atoms in total. The molecule has 0 radical (unpaired) electrons. The summed E-state index contributed by atoms with van der Waals surface area (Å²) in [6.45, 7) is 3.82. The minimum Gasteiger partial charge on any atom is -0.305 e. The number of aryl methyl sites for hydroxylation is 1. The van der Waals surface area contributed by atoms with Crippen LogP contribution in [0.2, 0.25) is 0 Å². The fraction of sp³-hybridized carbons (Fsp3) is 0.667. The zero-order chi connectivity index (χ0) is 10.7. The maximum Gasteiger partial charge on any atom is 0.253 e. The van der Waals surface area contributed by atoms with Gasteiger partial charge < -0.3 is 5.32 Å². The van der Waals surface area contributed by atoms with Gasteiger partial charge in [0.2, 0.25) is 0 Å². The van der Waals surface area contributed by atoms with Crippen LogP contribution in [0.3, 0.4) is 0 Å². The molecule has 0 aliphatic carbocycles. The van der Waals surface area contributed by atoms with Crippen molar-refractivity contribution in [3.8, 4) is 0 Å². The standard InChI is InChI=1S/C9H15F2N3/c1-6(9(10)11)12-4-8-5-13-14(3)7(8)2/h5-6,9,12H,4H2,1-3H3. The van der Waals surface area contributed by atoms with Crippen molar-refractivity contribution in [3.63, 3.8) is 0 Å². The van der Waals surface area contributed by atoms with E-state index < -0.39 is 12.5 Å². The first-order chi connectivity index (χ1) is 6.52. The second-order valence-electron chi connectivity index (χ2n) is 3.38. The van der Waals surface area contributed by atoms with Crippen molar-refractivity contribution in [3.05, 3.63) is 17.5 Å². The molecule has 0 fully saturated rings. The normalized spacial score (nSPS) is 13.6. The van der Waals surface area contributed by atoms with Crippen LogP contribution in [0, 0.1) is 6.92 Å². The predicted octanol–water partition coefficient (Wildman–Crippen LogP) is 1.47. The highest BCUT2D eigenvalue weighted by Crippen LogP contribution is 2.06. The van der Waals surface area contributed by atoms with Gasteiger partial charge in [0.25, 0.3) is 6.43 Å². The van der Waals surface area contributed by atoms with Crippen LogP contribution in [0.25, 0.3) is 0 Å². The first kappa shape index (κ1) is 11.1. The summed E-state index contributed by atoms with van der Waals surface area (Å²) >= 11 is 0. The monoisotopic (exact) mass is 203 g/mol. The third-order valence-corrected chi connectivity index (χ3v) is 2.33. The second-order valence-corrected chi connectivity index (χ2v) is 3.38. The van der Waals surface area contributed by atoms with Crippen LogP contribution in [-0.2, 0) is 13.6 Å². The summed E-state index contributed by atoms with van der Waals surface area (Å²) < 4.78 is 26.0. The summed E-state index contributed by atoms with van der Waals surface area (Å²) in [5.74, 6) is 0. The smallest absolute Gasteiger partial charge is 0.253 e. The lowest BCUT2D eigenvalue weighted by Gasteiger charge is -2.11. The van der Waals surface area contributed by atoms with Crippen LogP contribution in [0.5, 0.6) is 0 Å². The molecule has 0 bridgehead atoms. The molecule has 0 aromatic carbocycles. The molecule has 0 saturated carbocycles. The van der Waals surface area contributed by atoms with Gasteiger partial charge in [-0.25, -0.2) is 8.78 Å². The van der Waals surface area contributed by atoms with E-state index in [9.17, 15) is 8.78 Å². The Morgan fingerprint density at radius 1 is 1.57 bits per heavy atom. The summed E-state index contributed by atoms with van der Waals surface area (Å²) in [5, 5.41) is 6.78. The number of hydrogen-bond acceptors (Lipinski definition) is 2. The number of aromatic nitrogens is 2. The van der Waals surface area contributed by atoms with E-state index in [4.69, 9.17) is 0 Å². The minimum atomic E-state index is -2.33. The fourth-order valence-electron chi connectivity index (χ4n) is 1.08. The van der Waals surface area contributed by atoms with Gasteiger partial charge in [0.1, 0.15) is 0 Å². The fourth-order valence-corrected chi connectivity index (χ4v) is 1.08. The Balaban J connectivity index is 2.50. The summed E-state index contributed by atoms with van der Waals surface area (Å²) in [4.78, 5) is 0. The topological polar surface area (TPSA) is 29.9 Å². The van der Waals surface area contributed by atoms with Crippen LogP contribution >= 0.6 is 0 Å². The minimum absolute atomic E-state index is 0.436. The third kappa shape index (κ3) is 2.51. The average Bonchev–Trinajstić information content (AvgIpc) is 2.44. The zero-order valence-electron chi connectivity index (χ0n) is 8.59.